The summed E-state index contributed by atoms with van der Waals surface area (Å²) in [7, 11) is 0. The maximum atomic E-state index is 11.7. The predicted molar refractivity (Wildman–Crippen MR) is 96.2 cm³/mol. The molecule has 2 N–H and O–H groups in total. The van der Waals surface area contributed by atoms with Crippen molar-refractivity contribution in [3.8, 4) is 16.9 Å². The van der Waals surface area contributed by atoms with Crippen LogP contribution in [0.15, 0.2) is 42.5 Å². The smallest absolute Gasteiger partial charge is 0.239 e. The fourth-order valence-electron chi connectivity index (χ4n) is 2.75. The minimum atomic E-state index is -0.190. The number of amides is 2. The molecular weight excluding hydrogens is 316 g/mol. The minimum Gasteiger partial charge on any atom is -0.493 e. The predicted octanol–water partition coefficient (Wildman–Crippen LogP) is 2.43. The summed E-state index contributed by atoms with van der Waals surface area (Å²) in [4.78, 5) is 22.8. The Bertz CT molecular complexity index is 769. The molecule has 0 spiro atoms. The van der Waals surface area contributed by atoms with Crippen molar-refractivity contribution in [1.29, 1.82) is 0 Å². The Labute approximate surface area is 147 Å². The van der Waals surface area contributed by atoms with Crippen molar-refractivity contribution >= 4 is 11.8 Å². The van der Waals surface area contributed by atoms with Crippen molar-refractivity contribution in [1.82, 2.24) is 10.6 Å². The van der Waals surface area contributed by atoms with Crippen LogP contribution in [0, 0.1) is 0 Å². The Balaban J connectivity index is 1.55. The number of rotatable bonds is 6. The molecule has 130 valence electrons. The maximum Gasteiger partial charge on any atom is 0.239 e. The van der Waals surface area contributed by atoms with Crippen LogP contribution in [0.4, 0.5) is 0 Å². The molecule has 0 atom stereocenters. The van der Waals surface area contributed by atoms with E-state index in [0.29, 0.717) is 13.0 Å². The van der Waals surface area contributed by atoms with E-state index in [1.807, 2.05) is 18.2 Å². The molecule has 25 heavy (non-hydrogen) atoms. The third-order valence-corrected chi connectivity index (χ3v) is 4.23. The van der Waals surface area contributed by atoms with Crippen LogP contribution in [-0.2, 0) is 22.6 Å². The molecule has 1 aliphatic rings. The summed E-state index contributed by atoms with van der Waals surface area (Å²) < 4.78 is 5.54. The van der Waals surface area contributed by atoms with Gasteiger partial charge in [-0.25, -0.2) is 0 Å². The fraction of sp³-hybridized carbons (Fsp3) is 0.300. The van der Waals surface area contributed by atoms with E-state index in [9.17, 15) is 9.59 Å². The Morgan fingerprint density at radius 1 is 1.00 bits per heavy atom. The van der Waals surface area contributed by atoms with E-state index in [4.69, 9.17) is 4.74 Å². The van der Waals surface area contributed by atoms with Crippen LogP contribution >= 0.6 is 0 Å². The summed E-state index contributed by atoms with van der Waals surface area (Å²) in [5.41, 5.74) is 4.58. The van der Waals surface area contributed by atoms with E-state index in [1.54, 1.807) is 6.92 Å². The number of carbonyl (C=O) groups is 2. The lowest BCUT2D eigenvalue weighted by molar-refractivity contribution is -0.126. The average molecular weight is 338 g/mol. The van der Waals surface area contributed by atoms with Crippen molar-refractivity contribution in [3.05, 3.63) is 53.6 Å². The quantitative estimate of drug-likeness (QED) is 0.850. The number of carbonyl (C=O) groups excluding carboxylic acids is 2. The minimum absolute atomic E-state index is 0.0158. The summed E-state index contributed by atoms with van der Waals surface area (Å²) in [6.07, 6.45) is 1.34. The van der Waals surface area contributed by atoms with Gasteiger partial charge in [0.25, 0.3) is 0 Å². The first-order valence-corrected chi connectivity index (χ1v) is 8.54. The molecule has 1 aliphatic heterocycles. The van der Waals surface area contributed by atoms with E-state index in [0.717, 1.165) is 29.9 Å². The Hall–Kier alpha value is -2.82. The lowest BCUT2D eigenvalue weighted by Crippen LogP contribution is -2.36. The number of nitrogens with one attached hydrogen (secondary N) is 2. The Kier molecular flexibility index (Phi) is 5.33. The molecule has 2 amide bonds. The van der Waals surface area contributed by atoms with Gasteiger partial charge in [-0.05, 0) is 34.4 Å². The number of benzene rings is 2. The molecule has 0 unspecified atom stereocenters. The third kappa shape index (κ3) is 4.38. The van der Waals surface area contributed by atoms with Crippen LogP contribution in [0.3, 0.4) is 0 Å². The van der Waals surface area contributed by atoms with Crippen molar-refractivity contribution < 1.29 is 14.3 Å². The molecule has 0 saturated carbocycles. The molecule has 2 aromatic rings. The SMILES string of the molecule is CCC(=O)NCC(=O)NCc1ccc(-c2ccc3c(c2)CCO3)cc1. The molecule has 0 fully saturated rings. The normalized spacial score (nSPS) is 12.2. The highest BCUT2D eigenvalue weighted by molar-refractivity contribution is 5.84. The molecule has 3 rings (SSSR count). The first kappa shape index (κ1) is 17.0. The second kappa shape index (κ2) is 7.83. The molecule has 0 radical (unpaired) electrons. The van der Waals surface area contributed by atoms with Crippen LogP contribution in [0.2, 0.25) is 0 Å². The standard InChI is InChI=1S/C20H22N2O3/c1-2-19(23)22-13-20(24)21-12-14-3-5-15(6-4-14)16-7-8-18-17(11-16)9-10-25-18/h3-8,11H,2,9-10,12-13H2,1H3,(H,21,24)(H,22,23). The van der Waals surface area contributed by atoms with Crippen molar-refractivity contribution in [2.45, 2.75) is 26.3 Å². The maximum absolute atomic E-state index is 11.7. The summed E-state index contributed by atoms with van der Waals surface area (Å²) in [6, 6.07) is 14.4. The first-order chi connectivity index (χ1) is 12.2. The lowest BCUT2D eigenvalue weighted by Gasteiger charge is -2.08. The van der Waals surface area contributed by atoms with Gasteiger partial charge in [0.2, 0.25) is 11.8 Å². The monoisotopic (exact) mass is 338 g/mol. The van der Waals surface area contributed by atoms with Gasteiger partial charge in [-0.3, -0.25) is 9.59 Å². The zero-order valence-electron chi connectivity index (χ0n) is 14.3. The van der Waals surface area contributed by atoms with E-state index < -0.39 is 0 Å². The second-order valence-electron chi connectivity index (χ2n) is 6.02. The van der Waals surface area contributed by atoms with E-state index in [1.165, 1.54) is 11.1 Å². The van der Waals surface area contributed by atoms with Crippen LogP contribution < -0.4 is 15.4 Å². The molecule has 0 bridgehead atoms. The first-order valence-electron chi connectivity index (χ1n) is 8.54. The Morgan fingerprint density at radius 3 is 2.52 bits per heavy atom. The number of ether oxygens (including phenoxy) is 1. The van der Waals surface area contributed by atoms with E-state index >= 15 is 0 Å². The van der Waals surface area contributed by atoms with Crippen molar-refractivity contribution in [2.24, 2.45) is 0 Å². The molecule has 0 saturated heterocycles. The molecule has 0 aliphatic carbocycles. The third-order valence-electron chi connectivity index (χ3n) is 4.23. The van der Waals surface area contributed by atoms with Gasteiger partial charge in [-0.15, -0.1) is 0 Å². The molecule has 1 heterocycles. The van der Waals surface area contributed by atoms with E-state index in [2.05, 4.69) is 34.9 Å². The lowest BCUT2D eigenvalue weighted by atomic mass is 10.0. The summed E-state index contributed by atoms with van der Waals surface area (Å²) in [5, 5.41) is 5.36. The summed E-state index contributed by atoms with van der Waals surface area (Å²) in [5.74, 6) is 0.669. The molecule has 0 aromatic heterocycles. The largest absolute Gasteiger partial charge is 0.493 e. The highest BCUT2D eigenvalue weighted by Crippen LogP contribution is 2.30. The van der Waals surface area contributed by atoms with Gasteiger partial charge in [0.05, 0.1) is 13.2 Å². The topological polar surface area (TPSA) is 67.4 Å². The fourth-order valence-corrected chi connectivity index (χ4v) is 2.75. The van der Waals surface area contributed by atoms with Gasteiger partial charge < -0.3 is 15.4 Å². The van der Waals surface area contributed by atoms with Gasteiger partial charge >= 0.3 is 0 Å². The molecule has 5 heteroatoms. The van der Waals surface area contributed by atoms with Gasteiger partial charge in [0.1, 0.15) is 5.75 Å². The van der Waals surface area contributed by atoms with Gasteiger partial charge in [-0.1, -0.05) is 37.3 Å². The van der Waals surface area contributed by atoms with Crippen LogP contribution in [-0.4, -0.2) is 25.0 Å². The molecule has 2 aromatic carbocycles. The van der Waals surface area contributed by atoms with Gasteiger partial charge in [0.15, 0.2) is 0 Å². The van der Waals surface area contributed by atoms with Crippen LogP contribution in [0.5, 0.6) is 5.75 Å². The molecular formula is C20H22N2O3. The number of hydrogen-bond donors (Lipinski definition) is 2. The number of hydrogen-bond acceptors (Lipinski definition) is 3. The number of fused-ring (bicyclic) bond motifs is 1. The van der Waals surface area contributed by atoms with Crippen LogP contribution in [0.25, 0.3) is 11.1 Å². The van der Waals surface area contributed by atoms with Crippen LogP contribution in [0.1, 0.15) is 24.5 Å². The second-order valence-corrected chi connectivity index (χ2v) is 6.02. The average Bonchev–Trinajstić information content (AvgIpc) is 3.12. The highest BCUT2D eigenvalue weighted by atomic mass is 16.5. The van der Waals surface area contributed by atoms with Crippen molar-refractivity contribution in [2.75, 3.05) is 13.2 Å². The Morgan fingerprint density at radius 2 is 1.76 bits per heavy atom. The highest BCUT2D eigenvalue weighted by Gasteiger charge is 2.12. The molecule has 5 nitrogen and oxygen atoms in total. The van der Waals surface area contributed by atoms with E-state index in [-0.39, 0.29) is 18.4 Å². The zero-order valence-corrected chi connectivity index (χ0v) is 14.3. The van der Waals surface area contributed by atoms with Crippen molar-refractivity contribution in [3.63, 3.8) is 0 Å². The zero-order chi connectivity index (χ0) is 17.6. The van der Waals surface area contributed by atoms with Gasteiger partial charge in [0, 0.05) is 19.4 Å². The summed E-state index contributed by atoms with van der Waals surface area (Å²) in [6.45, 7) is 2.97. The summed E-state index contributed by atoms with van der Waals surface area (Å²) >= 11 is 0. The van der Waals surface area contributed by atoms with Gasteiger partial charge in [-0.2, -0.15) is 0 Å².